The number of aldehydes is 1. The topological polar surface area (TPSA) is 57.5 Å². The molecule has 1 amide bonds. The summed E-state index contributed by atoms with van der Waals surface area (Å²) in [5, 5.41) is 3.33. The molecule has 0 saturated carbocycles. The van der Waals surface area contributed by atoms with Crippen LogP contribution in [0.15, 0.2) is 30.3 Å². The molecule has 0 aliphatic carbocycles. The van der Waals surface area contributed by atoms with Crippen molar-refractivity contribution in [1.29, 1.82) is 0 Å². The van der Waals surface area contributed by atoms with Crippen molar-refractivity contribution in [3.63, 3.8) is 0 Å². The van der Waals surface area contributed by atoms with E-state index in [1.165, 1.54) is 0 Å². The summed E-state index contributed by atoms with van der Waals surface area (Å²) >= 11 is 0. The van der Waals surface area contributed by atoms with Crippen LogP contribution in [0.4, 0.5) is 4.79 Å². The van der Waals surface area contributed by atoms with Gasteiger partial charge < -0.3 is 9.53 Å². The van der Waals surface area contributed by atoms with Crippen LogP contribution in [-0.2, 0) is 16.1 Å². The maximum absolute atomic E-state index is 10.8. The van der Waals surface area contributed by atoms with E-state index in [0.29, 0.717) is 6.29 Å². The minimum Gasteiger partial charge on any atom is -0.443 e. The third-order valence-corrected chi connectivity index (χ3v) is 1.50. The third kappa shape index (κ3) is 3.71. The average Bonchev–Trinajstić information content (AvgIpc) is 2.25. The molecule has 0 bridgehead atoms. The van der Waals surface area contributed by atoms with Crippen LogP contribution in [0, 0.1) is 0 Å². The van der Waals surface area contributed by atoms with Crippen LogP contribution in [0.2, 0.25) is 0 Å². The van der Waals surface area contributed by atoms with Gasteiger partial charge in [-0.05, 0) is 5.56 Å². The zero-order chi connectivity index (χ0) is 10.2. The number of amides is 1. The molecule has 0 saturated heterocycles. The Balaban J connectivity index is 2.27. The molecule has 0 atom stereocenters. The maximum Gasteiger partial charge on any atom is 0.429 e. The summed E-state index contributed by atoms with van der Waals surface area (Å²) in [6.07, 6.45) is -0.162. The number of nitrogens with zero attached hydrogens (tertiary/aromatic N) is 1. The number of carbonyl (C=O) groups excluding carboxylic acids is 2. The van der Waals surface area contributed by atoms with Gasteiger partial charge in [0.05, 0.1) is 0 Å². The predicted molar refractivity (Wildman–Crippen MR) is 49.7 cm³/mol. The van der Waals surface area contributed by atoms with Crippen molar-refractivity contribution in [3.8, 4) is 0 Å². The molecule has 14 heavy (non-hydrogen) atoms. The van der Waals surface area contributed by atoms with Crippen LogP contribution in [0.1, 0.15) is 5.56 Å². The first-order chi connectivity index (χ1) is 6.83. The molecule has 0 N–H and O–H groups in total. The van der Waals surface area contributed by atoms with Crippen LogP contribution in [-0.4, -0.2) is 18.9 Å². The Morgan fingerprint density at radius 3 is 2.71 bits per heavy atom. The van der Waals surface area contributed by atoms with Gasteiger partial charge in [-0.15, -0.1) is 0 Å². The van der Waals surface area contributed by atoms with E-state index in [0.717, 1.165) is 5.56 Å². The Hall–Kier alpha value is -1.84. The van der Waals surface area contributed by atoms with Crippen LogP contribution >= 0.6 is 0 Å². The lowest BCUT2D eigenvalue weighted by Gasteiger charge is -2.02. The van der Waals surface area contributed by atoms with Crippen molar-refractivity contribution in [2.45, 2.75) is 6.61 Å². The molecule has 0 unspecified atom stereocenters. The van der Waals surface area contributed by atoms with Crippen LogP contribution in [0.25, 0.3) is 0 Å². The molecule has 1 aromatic rings. The lowest BCUT2D eigenvalue weighted by molar-refractivity contribution is -0.107. The van der Waals surface area contributed by atoms with Gasteiger partial charge in [0.25, 0.3) is 0 Å². The molecule has 0 aliphatic rings. The number of rotatable bonds is 4. The van der Waals surface area contributed by atoms with E-state index < -0.39 is 6.09 Å². The molecule has 1 aromatic carbocycles. The molecule has 0 heterocycles. The number of benzene rings is 1. The Bertz CT molecular complexity index is 297. The standard InChI is InChI=1S/C10H10NO3/c12-7-6-11-10(13)14-8-9-4-2-1-3-5-9/h1-5,7H,6,8H2. The van der Waals surface area contributed by atoms with E-state index in [2.05, 4.69) is 5.32 Å². The van der Waals surface area contributed by atoms with E-state index in [1.807, 2.05) is 30.3 Å². The molecule has 1 rings (SSSR count). The Morgan fingerprint density at radius 1 is 1.36 bits per heavy atom. The molecular weight excluding hydrogens is 182 g/mol. The average molecular weight is 192 g/mol. The quantitative estimate of drug-likeness (QED) is 0.672. The molecule has 0 aliphatic heterocycles. The van der Waals surface area contributed by atoms with Gasteiger partial charge in [-0.1, -0.05) is 30.3 Å². The van der Waals surface area contributed by atoms with Crippen molar-refractivity contribution in [3.05, 3.63) is 35.9 Å². The zero-order valence-corrected chi connectivity index (χ0v) is 7.55. The molecule has 1 radical (unpaired) electrons. The fourth-order valence-electron chi connectivity index (χ4n) is 0.877. The van der Waals surface area contributed by atoms with Crippen molar-refractivity contribution in [1.82, 2.24) is 5.32 Å². The second-order valence-corrected chi connectivity index (χ2v) is 2.55. The minimum absolute atomic E-state index is 0.145. The van der Waals surface area contributed by atoms with Gasteiger partial charge in [0.15, 0.2) is 0 Å². The molecule has 73 valence electrons. The van der Waals surface area contributed by atoms with Crippen molar-refractivity contribution in [2.75, 3.05) is 6.54 Å². The van der Waals surface area contributed by atoms with E-state index in [-0.39, 0.29) is 13.2 Å². The highest BCUT2D eigenvalue weighted by Gasteiger charge is 2.02. The molecule has 0 fully saturated rings. The highest BCUT2D eigenvalue weighted by molar-refractivity contribution is 5.70. The summed E-state index contributed by atoms with van der Waals surface area (Å²) in [6, 6.07) is 9.26. The van der Waals surface area contributed by atoms with E-state index in [1.54, 1.807) is 0 Å². The third-order valence-electron chi connectivity index (χ3n) is 1.50. The predicted octanol–water partition coefficient (Wildman–Crippen LogP) is 1.13. The largest absolute Gasteiger partial charge is 0.443 e. The minimum atomic E-state index is -0.707. The summed E-state index contributed by atoms with van der Waals surface area (Å²) in [7, 11) is 0. The number of ether oxygens (including phenoxy) is 1. The highest BCUT2D eigenvalue weighted by Crippen LogP contribution is 2.00. The number of hydrogen-bond acceptors (Lipinski definition) is 3. The number of carbonyl (C=O) groups is 2. The van der Waals surface area contributed by atoms with E-state index in [4.69, 9.17) is 4.74 Å². The van der Waals surface area contributed by atoms with Gasteiger partial charge >= 0.3 is 6.09 Å². The van der Waals surface area contributed by atoms with Crippen molar-refractivity contribution in [2.24, 2.45) is 0 Å². The van der Waals surface area contributed by atoms with E-state index >= 15 is 0 Å². The van der Waals surface area contributed by atoms with Crippen LogP contribution in [0.5, 0.6) is 0 Å². The highest BCUT2D eigenvalue weighted by atomic mass is 16.5. The monoisotopic (exact) mass is 192 g/mol. The molecule has 0 aromatic heterocycles. The number of hydrogen-bond donors (Lipinski definition) is 0. The summed E-state index contributed by atoms with van der Waals surface area (Å²) in [5.41, 5.74) is 0.891. The maximum atomic E-state index is 10.8. The van der Waals surface area contributed by atoms with Gasteiger partial charge in [0.1, 0.15) is 19.4 Å². The summed E-state index contributed by atoms with van der Waals surface area (Å²) in [4.78, 5) is 20.7. The van der Waals surface area contributed by atoms with Crippen LogP contribution < -0.4 is 5.32 Å². The fraction of sp³-hybridized carbons (Fsp3) is 0.200. The Kier molecular flexibility index (Phi) is 4.20. The van der Waals surface area contributed by atoms with E-state index in [9.17, 15) is 9.59 Å². The second-order valence-electron chi connectivity index (χ2n) is 2.55. The first kappa shape index (κ1) is 10.2. The van der Waals surface area contributed by atoms with Gasteiger partial charge in [0, 0.05) is 0 Å². The van der Waals surface area contributed by atoms with Gasteiger partial charge in [-0.3, -0.25) is 0 Å². The normalized spacial score (nSPS) is 9.14. The SMILES string of the molecule is O=CC[N]C(=O)OCc1ccccc1. The first-order valence-electron chi connectivity index (χ1n) is 4.14. The van der Waals surface area contributed by atoms with Crippen molar-refractivity contribution < 1.29 is 14.3 Å². The molecule has 4 nitrogen and oxygen atoms in total. The Labute approximate surface area is 81.9 Å². The molecule has 4 heteroatoms. The van der Waals surface area contributed by atoms with Gasteiger partial charge in [0.2, 0.25) is 0 Å². The Morgan fingerprint density at radius 2 is 2.07 bits per heavy atom. The van der Waals surface area contributed by atoms with Crippen molar-refractivity contribution >= 4 is 12.4 Å². The molecular formula is C10H10NO3. The van der Waals surface area contributed by atoms with Crippen LogP contribution in [0.3, 0.4) is 0 Å². The summed E-state index contributed by atoms with van der Waals surface area (Å²) in [5.74, 6) is 0. The lowest BCUT2D eigenvalue weighted by Crippen LogP contribution is -2.18. The summed E-state index contributed by atoms with van der Waals surface area (Å²) in [6.45, 7) is 0.0374. The fourth-order valence-corrected chi connectivity index (χ4v) is 0.877. The second kappa shape index (κ2) is 5.75. The smallest absolute Gasteiger partial charge is 0.429 e. The summed E-state index contributed by atoms with van der Waals surface area (Å²) < 4.78 is 4.77. The first-order valence-corrected chi connectivity index (χ1v) is 4.14. The van der Waals surface area contributed by atoms with Gasteiger partial charge in [-0.2, -0.15) is 0 Å². The van der Waals surface area contributed by atoms with Gasteiger partial charge in [-0.25, -0.2) is 10.1 Å². The lowest BCUT2D eigenvalue weighted by atomic mass is 10.2. The zero-order valence-electron chi connectivity index (χ0n) is 7.55. The molecule has 0 spiro atoms.